The summed E-state index contributed by atoms with van der Waals surface area (Å²) < 4.78 is 10.6. The summed E-state index contributed by atoms with van der Waals surface area (Å²) in [5, 5.41) is 0.967. The van der Waals surface area contributed by atoms with Crippen LogP contribution in [0.5, 0.6) is 0 Å². The van der Waals surface area contributed by atoms with Gasteiger partial charge in [-0.3, -0.25) is 0 Å². The molecule has 0 spiro atoms. The van der Waals surface area contributed by atoms with Crippen molar-refractivity contribution in [3.05, 3.63) is 0 Å². The highest BCUT2D eigenvalue weighted by atomic mass is 79.9. The van der Waals surface area contributed by atoms with Crippen LogP contribution < -0.4 is 0 Å². The summed E-state index contributed by atoms with van der Waals surface area (Å²) >= 11 is 3.44. The molecule has 0 aromatic rings. The highest BCUT2D eigenvalue weighted by Crippen LogP contribution is 2.17. The Kier molecular flexibility index (Phi) is 7.10. The van der Waals surface area contributed by atoms with E-state index in [0.717, 1.165) is 18.5 Å². The van der Waals surface area contributed by atoms with E-state index in [1.54, 1.807) is 0 Å². The first kappa shape index (κ1) is 12.4. The summed E-state index contributed by atoms with van der Waals surface area (Å²) in [7, 11) is 0. The zero-order valence-electron chi connectivity index (χ0n) is 8.23. The Morgan fingerprint density at radius 1 is 1.17 bits per heavy atom. The number of halogens is 1. The zero-order valence-corrected chi connectivity index (χ0v) is 9.82. The van der Waals surface area contributed by atoms with E-state index < -0.39 is 0 Å². The molecule has 2 nitrogen and oxygen atoms in total. The second kappa shape index (κ2) is 6.87. The predicted octanol–water partition coefficient (Wildman–Crippen LogP) is 2.46. The molecule has 0 radical (unpaired) electrons. The predicted molar refractivity (Wildman–Crippen MR) is 54.9 cm³/mol. The van der Waals surface area contributed by atoms with Crippen LogP contribution in [-0.4, -0.2) is 31.8 Å². The molecule has 0 fully saturated rings. The van der Waals surface area contributed by atoms with Gasteiger partial charge in [-0.25, -0.2) is 0 Å². The average Bonchev–Trinajstić information content (AvgIpc) is 2.04. The van der Waals surface area contributed by atoms with Gasteiger partial charge in [-0.2, -0.15) is 0 Å². The fourth-order valence-corrected chi connectivity index (χ4v) is 0.811. The highest BCUT2D eigenvalue weighted by molar-refractivity contribution is 9.09. The van der Waals surface area contributed by atoms with Crippen LogP contribution in [0.2, 0.25) is 0 Å². The fourth-order valence-electron chi connectivity index (χ4n) is 0.649. The van der Waals surface area contributed by atoms with E-state index in [-0.39, 0.29) is 5.41 Å². The van der Waals surface area contributed by atoms with E-state index in [1.807, 2.05) is 6.92 Å². The van der Waals surface area contributed by atoms with Crippen molar-refractivity contribution in [1.29, 1.82) is 0 Å². The maximum Gasteiger partial charge on any atom is 0.0700 e. The summed E-state index contributed by atoms with van der Waals surface area (Å²) in [6.07, 6.45) is 0. The van der Waals surface area contributed by atoms with Crippen molar-refractivity contribution in [3.63, 3.8) is 0 Å². The molecule has 0 aliphatic rings. The van der Waals surface area contributed by atoms with Crippen LogP contribution in [0, 0.1) is 5.41 Å². The van der Waals surface area contributed by atoms with Crippen molar-refractivity contribution in [1.82, 2.24) is 0 Å². The lowest BCUT2D eigenvalue weighted by molar-refractivity contribution is 0.0241. The minimum absolute atomic E-state index is 0.228. The minimum Gasteiger partial charge on any atom is -0.379 e. The molecule has 0 aliphatic heterocycles. The molecule has 0 aromatic heterocycles. The van der Waals surface area contributed by atoms with Crippen molar-refractivity contribution in [3.8, 4) is 0 Å². The van der Waals surface area contributed by atoms with Gasteiger partial charge in [-0.15, -0.1) is 0 Å². The third kappa shape index (κ3) is 7.07. The number of hydrogen-bond donors (Lipinski definition) is 0. The molecule has 0 aromatic carbocycles. The van der Waals surface area contributed by atoms with Crippen LogP contribution in [0.4, 0.5) is 0 Å². The fraction of sp³-hybridized carbons (Fsp3) is 1.00. The van der Waals surface area contributed by atoms with E-state index >= 15 is 0 Å². The SMILES string of the molecule is CCOCCOCC(C)(C)CBr. The Balaban J connectivity index is 3.19. The van der Waals surface area contributed by atoms with E-state index in [0.29, 0.717) is 13.2 Å². The topological polar surface area (TPSA) is 18.5 Å². The molecular weight excluding hydrogens is 220 g/mol. The van der Waals surface area contributed by atoms with Crippen molar-refractivity contribution < 1.29 is 9.47 Å². The molecule has 0 rings (SSSR count). The van der Waals surface area contributed by atoms with E-state index in [1.165, 1.54) is 0 Å². The number of hydrogen-bond acceptors (Lipinski definition) is 2. The number of ether oxygens (including phenoxy) is 2. The van der Waals surface area contributed by atoms with Crippen molar-refractivity contribution in [2.45, 2.75) is 20.8 Å². The molecule has 0 saturated carbocycles. The third-order valence-corrected chi connectivity index (χ3v) is 2.95. The van der Waals surface area contributed by atoms with Crippen molar-refractivity contribution >= 4 is 15.9 Å². The van der Waals surface area contributed by atoms with Gasteiger partial charge in [0.1, 0.15) is 0 Å². The lowest BCUT2D eigenvalue weighted by Crippen LogP contribution is -2.22. The second-order valence-corrected chi connectivity index (χ2v) is 4.11. The average molecular weight is 239 g/mol. The van der Waals surface area contributed by atoms with Gasteiger partial charge >= 0.3 is 0 Å². The largest absolute Gasteiger partial charge is 0.379 e. The molecule has 12 heavy (non-hydrogen) atoms. The summed E-state index contributed by atoms with van der Waals surface area (Å²) in [4.78, 5) is 0. The van der Waals surface area contributed by atoms with Gasteiger partial charge in [0.05, 0.1) is 19.8 Å². The molecule has 0 heterocycles. The molecule has 74 valence electrons. The Morgan fingerprint density at radius 3 is 2.25 bits per heavy atom. The van der Waals surface area contributed by atoms with Crippen LogP contribution >= 0.6 is 15.9 Å². The Morgan fingerprint density at radius 2 is 1.75 bits per heavy atom. The van der Waals surface area contributed by atoms with E-state index in [9.17, 15) is 0 Å². The molecule has 3 heteroatoms. The summed E-state index contributed by atoms with van der Waals surface area (Å²) in [5.74, 6) is 0. The lowest BCUT2D eigenvalue weighted by Gasteiger charge is -2.20. The van der Waals surface area contributed by atoms with Crippen LogP contribution in [0.25, 0.3) is 0 Å². The standard InChI is InChI=1S/C9H19BrO2/c1-4-11-5-6-12-8-9(2,3)7-10/h4-8H2,1-3H3. The molecule has 0 bridgehead atoms. The molecule has 0 saturated heterocycles. The number of rotatable bonds is 7. The molecule has 0 amide bonds. The maximum absolute atomic E-state index is 5.44. The van der Waals surface area contributed by atoms with Crippen LogP contribution in [0.15, 0.2) is 0 Å². The molecular formula is C9H19BrO2. The van der Waals surface area contributed by atoms with Crippen LogP contribution in [0.1, 0.15) is 20.8 Å². The Labute approximate surface area is 83.8 Å². The van der Waals surface area contributed by atoms with Gasteiger partial charge in [0, 0.05) is 11.9 Å². The number of alkyl halides is 1. The van der Waals surface area contributed by atoms with Crippen LogP contribution in [0.3, 0.4) is 0 Å². The smallest absolute Gasteiger partial charge is 0.0700 e. The van der Waals surface area contributed by atoms with Gasteiger partial charge in [-0.05, 0) is 12.3 Å². The van der Waals surface area contributed by atoms with Gasteiger partial charge in [0.15, 0.2) is 0 Å². The van der Waals surface area contributed by atoms with Gasteiger partial charge in [0.2, 0.25) is 0 Å². The maximum atomic E-state index is 5.44. The first-order valence-corrected chi connectivity index (χ1v) is 5.46. The minimum atomic E-state index is 0.228. The second-order valence-electron chi connectivity index (χ2n) is 3.55. The normalized spacial score (nSPS) is 12.0. The quantitative estimate of drug-likeness (QED) is 0.502. The van der Waals surface area contributed by atoms with Gasteiger partial charge in [0.25, 0.3) is 0 Å². The van der Waals surface area contributed by atoms with Gasteiger partial charge in [-0.1, -0.05) is 29.8 Å². The Hall–Kier alpha value is 0.400. The molecule has 0 aliphatic carbocycles. The summed E-state index contributed by atoms with van der Waals surface area (Å²) in [6, 6.07) is 0. The monoisotopic (exact) mass is 238 g/mol. The molecule has 0 unspecified atom stereocenters. The lowest BCUT2D eigenvalue weighted by atomic mass is 9.99. The first-order chi connectivity index (χ1) is 5.62. The van der Waals surface area contributed by atoms with Crippen LogP contribution in [-0.2, 0) is 9.47 Å². The first-order valence-electron chi connectivity index (χ1n) is 4.34. The van der Waals surface area contributed by atoms with E-state index in [2.05, 4.69) is 29.8 Å². The van der Waals surface area contributed by atoms with Crippen molar-refractivity contribution in [2.24, 2.45) is 5.41 Å². The van der Waals surface area contributed by atoms with Gasteiger partial charge < -0.3 is 9.47 Å². The zero-order chi connectivity index (χ0) is 9.45. The van der Waals surface area contributed by atoms with Crippen molar-refractivity contribution in [2.75, 3.05) is 31.8 Å². The Bertz CT molecular complexity index is 105. The molecule has 0 atom stereocenters. The van der Waals surface area contributed by atoms with E-state index in [4.69, 9.17) is 9.47 Å². The highest BCUT2D eigenvalue weighted by Gasteiger charge is 2.15. The third-order valence-electron chi connectivity index (χ3n) is 1.43. The molecule has 0 N–H and O–H groups in total. The summed E-state index contributed by atoms with van der Waals surface area (Å²) in [6.45, 7) is 9.28. The summed E-state index contributed by atoms with van der Waals surface area (Å²) in [5.41, 5.74) is 0.228.